The van der Waals surface area contributed by atoms with Crippen LogP contribution in [0.4, 0.5) is 10.1 Å². The first kappa shape index (κ1) is 21.1. The molecule has 5 rings (SSSR count). The van der Waals surface area contributed by atoms with Gasteiger partial charge < -0.3 is 5.32 Å². The van der Waals surface area contributed by atoms with Gasteiger partial charge in [0.15, 0.2) is 9.84 Å². The van der Waals surface area contributed by atoms with Crippen molar-refractivity contribution in [1.82, 2.24) is 14.9 Å². The van der Waals surface area contributed by atoms with Crippen LogP contribution in [-0.4, -0.2) is 48.5 Å². The fourth-order valence-electron chi connectivity index (χ4n) is 5.18. The van der Waals surface area contributed by atoms with E-state index in [-0.39, 0.29) is 11.1 Å². The highest BCUT2D eigenvalue weighted by atomic mass is 35.5. The molecular formula is C22H26ClFN4O2S. The number of likely N-dealkylation sites (tertiary alicyclic amines) is 1. The van der Waals surface area contributed by atoms with Crippen molar-refractivity contribution in [2.24, 2.45) is 11.8 Å². The number of fused-ring (bicyclic) bond motifs is 1. The Hall–Kier alpha value is -1.77. The molecule has 2 aromatic rings. The van der Waals surface area contributed by atoms with Crippen molar-refractivity contribution in [3.63, 3.8) is 0 Å². The van der Waals surface area contributed by atoms with Crippen LogP contribution >= 0.6 is 11.6 Å². The van der Waals surface area contributed by atoms with Crippen molar-refractivity contribution < 1.29 is 12.8 Å². The van der Waals surface area contributed by atoms with Gasteiger partial charge in [0.2, 0.25) is 0 Å². The molecule has 2 aliphatic carbocycles. The maximum atomic E-state index is 14.9. The second kappa shape index (κ2) is 8.30. The lowest BCUT2D eigenvalue weighted by atomic mass is 9.89. The summed E-state index contributed by atoms with van der Waals surface area (Å²) >= 11 is 6.43. The first-order valence-electron chi connectivity index (χ1n) is 10.9. The average molecular weight is 465 g/mol. The smallest absolute Gasteiger partial charge is 0.187 e. The number of rotatable bonds is 6. The lowest BCUT2D eigenvalue weighted by Gasteiger charge is -2.39. The van der Waals surface area contributed by atoms with Gasteiger partial charge in [-0.2, -0.15) is 0 Å². The van der Waals surface area contributed by atoms with Gasteiger partial charge in [0.25, 0.3) is 0 Å². The van der Waals surface area contributed by atoms with Crippen LogP contribution in [0.1, 0.15) is 37.8 Å². The van der Waals surface area contributed by atoms with Gasteiger partial charge in [-0.3, -0.25) is 4.90 Å². The summed E-state index contributed by atoms with van der Waals surface area (Å²) in [6.07, 6.45) is 8.55. The van der Waals surface area contributed by atoms with Crippen LogP contribution in [0.15, 0.2) is 35.6 Å². The van der Waals surface area contributed by atoms with Crippen LogP contribution in [0.2, 0.25) is 5.02 Å². The minimum absolute atomic E-state index is 0.187. The molecule has 0 amide bonds. The van der Waals surface area contributed by atoms with Crippen molar-refractivity contribution in [3.05, 3.63) is 47.3 Å². The largest absolute Gasteiger partial charge is 0.379 e. The van der Waals surface area contributed by atoms with Gasteiger partial charge in [-0.05, 0) is 49.3 Å². The number of sulfone groups is 1. The fraction of sp³-hybridized carbons (Fsp3) is 0.545. The molecule has 1 saturated heterocycles. The van der Waals surface area contributed by atoms with Crippen LogP contribution in [0.3, 0.4) is 0 Å². The second-order valence-electron chi connectivity index (χ2n) is 9.03. The first-order chi connectivity index (χ1) is 14.9. The molecule has 6 nitrogen and oxygen atoms in total. The highest BCUT2D eigenvalue weighted by molar-refractivity contribution is 7.90. The monoisotopic (exact) mass is 464 g/mol. The molecule has 1 aromatic heterocycles. The molecule has 31 heavy (non-hydrogen) atoms. The van der Waals surface area contributed by atoms with Crippen molar-refractivity contribution in [1.29, 1.82) is 0 Å². The molecule has 4 atom stereocenters. The topological polar surface area (TPSA) is 75.2 Å². The summed E-state index contributed by atoms with van der Waals surface area (Å²) in [4.78, 5) is 9.89. The predicted octanol–water partition coefficient (Wildman–Crippen LogP) is 3.92. The molecule has 2 saturated carbocycles. The van der Waals surface area contributed by atoms with Gasteiger partial charge in [-0.15, -0.1) is 0 Å². The van der Waals surface area contributed by atoms with E-state index in [2.05, 4.69) is 20.2 Å². The number of anilines is 1. The molecule has 2 unspecified atom stereocenters. The number of hydrogen-bond acceptors (Lipinski definition) is 6. The number of nitrogens with zero attached hydrogens (tertiary/aromatic N) is 3. The molecule has 0 radical (unpaired) electrons. The number of halogens is 2. The van der Waals surface area contributed by atoms with E-state index in [9.17, 15) is 12.8 Å². The zero-order valence-corrected chi connectivity index (χ0v) is 18.7. The number of aromatic nitrogens is 2. The summed E-state index contributed by atoms with van der Waals surface area (Å²) < 4.78 is 40.4. The van der Waals surface area contributed by atoms with E-state index >= 15 is 0 Å². The lowest BCUT2D eigenvalue weighted by molar-refractivity contribution is 0.161. The third-order valence-corrected chi connectivity index (χ3v) is 8.86. The quantitative estimate of drug-likeness (QED) is 0.698. The van der Waals surface area contributed by atoms with E-state index in [0.29, 0.717) is 17.4 Å². The SMILES string of the molecule is O=S(=O)(Cc1ccncn1)c1cc(Cl)c(N[C@@H]2CCCC[C@H]2N2CC3CC3C2)cc1F. The molecule has 3 fully saturated rings. The lowest BCUT2D eigenvalue weighted by Crippen LogP contribution is -2.48. The number of piperidine rings is 1. The standard InChI is InChI=1S/C22H26ClFN4O2S/c23-17-8-22(31(29,30)12-16-5-6-25-13-26-16)18(24)9-20(17)27-19-3-1-2-4-21(19)28-10-14-7-15(14)11-28/h5-6,8-9,13-15,19,21,27H,1-4,7,10-12H2/t14?,15?,19-,21-/m1/s1. The number of hydrogen-bond donors (Lipinski definition) is 1. The van der Waals surface area contributed by atoms with Gasteiger partial charge in [-0.25, -0.2) is 22.8 Å². The van der Waals surface area contributed by atoms with Crippen molar-refractivity contribution >= 4 is 27.1 Å². The van der Waals surface area contributed by atoms with Gasteiger partial charge in [0.05, 0.1) is 22.2 Å². The molecule has 0 spiro atoms. The van der Waals surface area contributed by atoms with Crippen LogP contribution in [0, 0.1) is 17.7 Å². The van der Waals surface area contributed by atoms with Gasteiger partial charge in [0.1, 0.15) is 17.0 Å². The van der Waals surface area contributed by atoms with Gasteiger partial charge in [-0.1, -0.05) is 24.4 Å². The third kappa shape index (κ3) is 4.43. The van der Waals surface area contributed by atoms with Crippen LogP contribution in [0.5, 0.6) is 0 Å². The van der Waals surface area contributed by atoms with E-state index in [1.54, 1.807) is 0 Å². The van der Waals surface area contributed by atoms with Crippen molar-refractivity contribution in [2.75, 3.05) is 18.4 Å². The highest BCUT2D eigenvalue weighted by Gasteiger charge is 2.48. The molecule has 1 aliphatic heterocycles. The van der Waals surface area contributed by atoms with Crippen LogP contribution < -0.4 is 5.32 Å². The Morgan fingerprint density at radius 1 is 1.19 bits per heavy atom. The molecular weight excluding hydrogens is 439 g/mol. The summed E-state index contributed by atoms with van der Waals surface area (Å²) in [7, 11) is -3.93. The Balaban J connectivity index is 1.35. The van der Waals surface area contributed by atoms with Crippen molar-refractivity contribution in [2.45, 2.75) is 54.8 Å². The first-order valence-corrected chi connectivity index (χ1v) is 12.9. The minimum Gasteiger partial charge on any atom is -0.379 e. The molecule has 166 valence electrons. The maximum Gasteiger partial charge on any atom is 0.187 e. The maximum absolute atomic E-state index is 14.9. The van der Waals surface area contributed by atoms with Crippen LogP contribution in [0.25, 0.3) is 0 Å². The minimum atomic E-state index is -3.93. The van der Waals surface area contributed by atoms with Gasteiger partial charge >= 0.3 is 0 Å². The molecule has 1 N–H and O–H groups in total. The Kier molecular flexibility index (Phi) is 5.65. The molecule has 9 heteroatoms. The molecule has 2 heterocycles. The Morgan fingerprint density at radius 3 is 2.71 bits per heavy atom. The fourth-order valence-corrected chi connectivity index (χ4v) is 6.83. The normalized spacial score (nSPS) is 28.3. The molecule has 0 bridgehead atoms. The van der Waals surface area contributed by atoms with E-state index in [4.69, 9.17) is 11.6 Å². The Bertz CT molecular complexity index is 1060. The summed E-state index contributed by atoms with van der Waals surface area (Å²) in [5.74, 6) is 0.527. The van der Waals surface area contributed by atoms with E-state index < -0.39 is 26.3 Å². The molecule has 1 aromatic carbocycles. The summed E-state index contributed by atoms with van der Waals surface area (Å²) in [5, 5.41) is 3.66. The zero-order valence-electron chi connectivity index (χ0n) is 17.2. The third-order valence-electron chi connectivity index (χ3n) is 6.88. The van der Waals surface area contributed by atoms with Gasteiger partial charge in [0, 0.05) is 31.4 Å². The zero-order chi connectivity index (χ0) is 21.6. The highest BCUT2D eigenvalue weighted by Crippen LogP contribution is 2.47. The van der Waals surface area contributed by atoms with E-state index in [1.807, 2.05) is 0 Å². The van der Waals surface area contributed by atoms with E-state index in [1.165, 1.54) is 43.6 Å². The van der Waals surface area contributed by atoms with Crippen LogP contribution in [-0.2, 0) is 15.6 Å². The molecule has 3 aliphatic rings. The second-order valence-corrected chi connectivity index (χ2v) is 11.4. The summed E-state index contributed by atoms with van der Waals surface area (Å²) in [6, 6.07) is 4.55. The van der Waals surface area contributed by atoms with Crippen molar-refractivity contribution in [3.8, 4) is 0 Å². The Morgan fingerprint density at radius 2 is 1.97 bits per heavy atom. The Labute approximate surface area is 187 Å². The number of nitrogens with one attached hydrogen (secondary N) is 1. The van der Waals surface area contributed by atoms with E-state index in [0.717, 1.165) is 44.2 Å². The predicted molar refractivity (Wildman–Crippen MR) is 117 cm³/mol. The summed E-state index contributed by atoms with van der Waals surface area (Å²) in [6.45, 7) is 2.33. The summed E-state index contributed by atoms with van der Waals surface area (Å²) in [5.41, 5.74) is 0.767. The average Bonchev–Trinajstić information content (AvgIpc) is 3.36. The number of benzene rings is 1.